The van der Waals surface area contributed by atoms with Crippen LogP contribution in [0.3, 0.4) is 0 Å². The molecule has 1 aromatic rings. The molecule has 2 N–H and O–H groups in total. The average molecular weight is 275 g/mol. The number of carbonyl (C=O) groups is 2. The summed E-state index contributed by atoms with van der Waals surface area (Å²) < 4.78 is 38.1. The first kappa shape index (κ1) is 15.0. The van der Waals surface area contributed by atoms with Crippen molar-refractivity contribution in [1.82, 2.24) is 5.32 Å². The smallest absolute Gasteiger partial charge is 0.422 e. The second-order valence-corrected chi connectivity index (χ2v) is 4.25. The molecule has 19 heavy (non-hydrogen) atoms. The number of carboxylic acid groups (broad SMARTS) is 1. The summed E-state index contributed by atoms with van der Waals surface area (Å²) in [7, 11) is 0. The zero-order valence-electron chi connectivity index (χ0n) is 10.2. The summed E-state index contributed by atoms with van der Waals surface area (Å²) in [5.74, 6) is -3.26. The molecule has 0 radical (unpaired) electrons. The maximum Gasteiger partial charge on any atom is 0.422 e. The highest BCUT2D eigenvalue weighted by atomic mass is 19.4. The van der Waals surface area contributed by atoms with Gasteiger partial charge in [0.1, 0.15) is 0 Å². The molecule has 1 amide bonds. The Hall–Kier alpha value is -2.05. The van der Waals surface area contributed by atoms with E-state index < -0.39 is 23.6 Å². The fourth-order valence-electron chi connectivity index (χ4n) is 1.33. The van der Waals surface area contributed by atoms with Crippen molar-refractivity contribution >= 4 is 11.9 Å². The molecule has 0 saturated carbocycles. The van der Waals surface area contributed by atoms with E-state index in [9.17, 15) is 22.8 Å². The summed E-state index contributed by atoms with van der Waals surface area (Å²) in [5.41, 5.74) is -2.68. The molecule has 0 aromatic heterocycles. The minimum absolute atomic E-state index is 0.0308. The number of halogens is 3. The number of hydrogen-bond donors (Lipinski definition) is 2. The Morgan fingerprint density at radius 3 is 2.26 bits per heavy atom. The molecule has 0 saturated heterocycles. The third-order valence-electron chi connectivity index (χ3n) is 2.64. The van der Waals surface area contributed by atoms with E-state index in [4.69, 9.17) is 5.11 Å². The van der Waals surface area contributed by atoms with Crippen molar-refractivity contribution in [2.45, 2.75) is 25.6 Å². The van der Waals surface area contributed by atoms with Gasteiger partial charge in [0.2, 0.25) is 5.54 Å². The standard InChI is InChI=1S/C12H12F3NO3/c1-7-4-3-5-8(6-7)9(17)16-11(2,10(18)19)12(13,14)15/h3-6H,1-2H3,(H,16,17)(H,18,19). The summed E-state index contributed by atoms with van der Waals surface area (Å²) in [6, 6.07) is 5.84. The van der Waals surface area contributed by atoms with Crippen molar-refractivity contribution in [2.75, 3.05) is 0 Å². The molecule has 0 aliphatic rings. The summed E-state index contributed by atoms with van der Waals surface area (Å²) in [5, 5.41) is 10.2. The molecule has 1 aromatic carbocycles. The molecule has 4 nitrogen and oxygen atoms in total. The van der Waals surface area contributed by atoms with Crippen molar-refractivity contribution in [3.8, 4) is 0 Å². The van der Waals surface area contributed by atoms with E-state index in [1.165, 1.54) is 23.5 Å². The summed E-state index contributed by atoms with van der Waals surface area (Å²) in [4.78, 5) is 22.5. The van der Waals surface area contributed by atoms with Gasteiger partial charge in [0, 0.05) is 5.56 Å². The van der Waals surface area contributed by atoms with Gasteiger partial charge < -0.3 is 10.4 Å². The monoisotopic (exact) mass is 275 g/mol. The first-order valence-corrected chi connectivity index (χ1v) is 5.27. The highest BCUT2D eigenvalue weighted by molar-refractivity contribution is 5.98. The number of rotatable bonds is 3. The largest absolute Gasteiger partial charge is 0.479 e. The molecule has 7 heteroatoms. The van der Waals surface area contributed by atoms with Crippen LogP contribution in [0.1, 0.15) is 22.8 Å². The van der Waals surface area contributed by atoms with Gasteiger partial charge in [-0.3, -0.25) is 4.79 Å². The first-order valence-electron chi connectivity index (χ1n) is 5.27. The zero-order chi connectivity index (χ0) is 14.8. The molecule has 0 spiro atoms. The number of carbonyl (C=O) groups excluding carboxylic acids is 1. The van der Waals surface area contributed by atoms with Gasteiger partial charge in [-0.1, -0.05) is 17.7 Å². The topological polar surface area (TPSA) is 66.4 Å². The molecule has 0 aliphatic carbocycles. The van der Waals surface area contributed by atoms with Crippen molar-refractivity contribution in [1.29, 1.82) is 0 Å². The lowest BCUT2D eigenvalue weighted by molar-refractivity contribution is -0.203. The maximum atomic E-state index is 12.7. The summed E-state index contributed by atoms with van der Waals surface area (Å²) in [6.45, 7) is 2.07. The van der Waals surface area contributed by atoms with E-state index in [1.807, 2.05) is 0 Å². The molecule has 0 aliphatic heterocycles. The lowest BCUT2D eigenvalue weighted by atomic mass is 10.0. The van der Waals surface area contributed by atoms with E-state index in [-0.39, 0.29) is 5.56 Å². The highest BCUT2D eigenvalue weighted by Gasteiger charge is 2.58. The molecule has 0 bridgehead atoms. The van der Waals surface area contributed by atoms with Gasteiger partial charge >= 0.3 is 12.1 Å². The second-order valence-electron chi connectivity index (χ2n) is 4.25. The van der Waals surface area contributed by atoms with Gasteiger partial charge in [0.25, 0.3) is 5.91 Å². The Labute approximate surface area is 107 Å². The molecule has 104 valence electrons. The minimum Gasteiger partial charge on any atom is -0.479 e. The van der Waals surface area contributed by atoms with Crippen molar-refractivity contribution in [2.24, 2.45) is 0 Å². The number of benzene rings is 1. The molecule has 1 atom stereocenters. The van der Waals surface area contributed by atoms with Gasteiger partial charge in [-0.05, 0) is 26.0 Å². The average Bonchev–Trinajstić information content (AvgIpc) is 2.27. The Kier molecular flexibility index (Phi) is 3.88. The number of carboxylic acids is 1. The van der Waals surface area contributed by atoms with E-state index in [1.54, 1.807) is 13.0 Å². The maximum absolute atomic E-state index is 12.7. The van der Waals surface area contributed by atoms with Crippen LogP contribution in [0.2, 0.25) is 0 Å². The van der Waals surface area contributed by atoms with Crippen LogP contribution in [0, 0.1) is 6.92 Å². The van der Waals surface area contributed by atoms with Gasteiger partial charge in [-0.25, -0.2) is 4.79 Å². The number of aryl methyl sites for hydroxylation is 1. The Morgan fingerprint density at radius 2 is 1.84 bits per heavy atom. The van der Waals surface area contributed by atoms with Crippen molar-refractivity contribution in [3.05, 3.63) is 35.4 Å². The molecule has 0 heterocycles. The number of aliphatic carboxylic acids is 1. The van der Waals surface area contributed by atoms with Crippen LogP contribution in [-0.4, -0.2) is 28.7 Å². The van der Waals surface area contributed by atoms with Crippen LogP contribution in [0.4, 0.5) is 13.2 Å². The molecule has 0 fully saturated rings. The van der Waals surface area contributed by atoms with Gasteiger partial charge in [-0.2, -0.15) is 13.2 Å². The zero-order valence-corrected chi connectivity index (χ0v) is 10.2. The van der Waals surface area contributed by atoms with Crippen molar-refractivity contribution < 1.29 is 27.9 Å². The quantitative estimate of drug-likeness (QED) is 0.888. The van der Waals surface area contributed by atoms with Gasteiger partial charge in [0.15, 0.2) is 0 Å². The number of nitrogens with one attached hydrogen (secondary N) is 1. The molecular formula is C12H12F3NO3. The van der Waals surface area contributed by atoms with Crippen LogP contribution in [0.5, 0.6) is 0 Å². The Morgan fingerprint density at radius 1 is 1.26 bits per heavy atom. The van der Waals surface area contributed by atoms with E-state index >= 15 is 0 Å². The number of alkyl halides is 3. The third kappa shape index (κ3) is 3.04. The molecule has 1 unspecified atom stereocenters. The molecule has 1 rings (SSSR count). The normalized spacial score (nSPS) is 14.6. The predicted octanol–water partition coefficient (Wildman–Crippen LogP) is 2.13. The first-order chi connectivity index (χ1) is 8.58. The highest BCUT2D eigenvalue weighted by Crippen LogP contribution is 2.30. The lowest BCUT2D eigenvalue weighted by Gasteiger charge is -2.28. The van der Waals surface area contributed by atoms with Crippen molar-refractivity contribution in [3.63, 3.8) is 0 Å². The SMILES string of the molecule is Cc1cccc(C(=O)NC(C)(C(=O)O)C(F)(F)F)c1. The Bertz CT molecular complexity index is 513. The van der Waals surface area contributed by atoms with Crippen LogP contribution >= 0.6 is 0 Å². The number of amides is 1. The van der Waals surface area contributed by atoms with Crippen LogP contribution in [0.15, 0.2) is 24.3 Å². The fraction of sp³-hybridized carbons (Fsp3) is 0.333. The molecular weight excluding hydrogens is 263 g/mol. The van der Waals surface area contributed by atoms with E-state index in [0.29, 0.717) is 12.5 Å². The van der Waals surface area contributed by atoms with Gasteiger partial charge in [0.05, 0.1) is 0 Å². The fourth-order valence-corrected chi connectivity index (χ4v) is 1.33. The van der Waals surface area contributed by atoms with Crippen LogP contribution < -0.4 is 5.32 Å². The summed E-state index contributed by atoms with van der Waals surface area (Å²) in [6.07, 6.45) is -5.10. The van der Waals surface area contributed by atoms with Crippen LogP contribution in [0.25, 0.3) is 0 Å². The second kappa shape index (κ2) is 4.91. The third-order valence-corrected chi connectivity index (χ3v) is 2.64. The number of hydrogen-bond acceptors (Lipinski definition) is 2. The lowest BCUT2D eigenvalue weighted by Crippen LogP contribution is -2.61. The van der Waals surface area contributed by atoms with E-state index in [0.717, 1.165) is 0 Å². The van der Waals surface area contributed by atoms with Crippen LogP contribution in [-0.2, 0) is 4.79 Å². The minimum atomic E-state index is -5.10. The summed E-state index contributed by atoms with van der Waals surface area (Å²) >= 11 is 0. The predicted molar refractivity (Wildman–Crippen MR) is 60.7 cm³/mol. The Balaban J connectivity index is 3.06. The van der Waals surface area contributed by atoms with Gasteiger partial charge in [-0.15, -0.1) is 0 Å². The van der Waals surface area contributed by atoms with E-state index in [2.05, 4.69) is 0 Å².